The summed E-state index contributed by atoms with van der Waals surface area (Å²) in [6.07, 6.45) is 7.88. The molecule has 0 unspecified atom stereocenters. The van der Waals surface area contributed by atoms with Gasteiger partial charge in [-0.2, -0.15) is 5.10 Å². The van der Waals surface area contributed by atoms with Crippen LogP contribution in [0.4, 0.5) is 5.69 Å². The molecule has 0 spiro atoms. The molecule has 3 aromatic heterocycles. The lowest BCUT2D eigenvalue weighted by molar-refractivity contribution is 0.496. The predicted molar refractivity (Wildman–Crippen MR) is 226 cm³/mol. The third-order valence-electron chi connectivity index (χ3n) is 10.5. The predicted octanol–water partition coefficient (Wildman–Crippen LogP) is 7.79. The van der Waals surface area contributed by atoms with Crippen molar-refractivity contribution in [1.29, 1.82) is 0 Å². The second-order valence-corrected chi connectivity index (χ2v) is 14.0. The number of hydrogen-bond donors (Lipinski definition) is 0. The van der Waals surface area contributed by atoms with Crippen molar-refractivity contribution < 1.29 is 0 Å². The highest BCUT2D eigenvalue weighted by molar-refractivity contribution is 6.97. The first-order valence-corrected chi connectivity index (χ1v) is 18.6. The van der Waals surface area contributed by atoms with Crippen molar-refractivity contribution in [2.45, 2.75) is 0 Å². The van der Waals surface area contributed by atoms with Crippen molar-refractivity contribution in [3.63, 3.8) is 0 Å². The molecule has 8 heteroatoms. The minimum Gasteiger partial charge on any atom is -0.361 e. The molecular formula is C47H36BN7. The Bertz CT molecular complexity index is 2810. The van der Waals surface area contributed by atoms with Crippen LogP contribution in [-0.2, 0) is 0 Å². The van der Waals surface area contributed by atoms with Gasteiger partial charge in [0.2, 0.25) is 12.7 Å². The molecule has 0 saturated carbocycles. The molecular weight excluding hydrogens is 673 g/mol. The Morgan fingerprint density at radius 3 is 1.95 bits per heavy atom. The number of para-hydroxylation sites is 2. The first-order valence-electron chi connectivity index (χ1n) is 18.6. The lowest BCUT2D eigenvalue weighted by Crippen LogP contribution is -2.53. The van der Waals surface area contributed by atoms with E-state index in [-0.39, 0.29) is 6.71 Å². The minimum atomic E-state index is -0.223. The molecule has 262 valence electrons. The Kier molecular flexibility index (Phi) is 8.06. The summed E-state index contributed by atoms with van der Waals surface area (Å²) in [6.45, 7) is 0.563. The van der Waals surface area contributed by atoms with Gasteiger partial charge < -0.3 is 9.80 Å². The van der Waals surface area contributed by atoms with Gasteiger partial charge in [-0.3, -0.25) is 4.57 Å². The van der Waals surface area contributed by atoms with E-state index < -0.39 is 0 Å². The van der Waals surface area contributed by atoms with Crippen LogP contribution in [0.25, 0.3) is 56.0 Å². The van der Waals surface area contributed by atoms with Gasteiger partial charge in [-0.05, 0) is 53.5 Å². The molecule has 0 aliphatic carbocycles. The molecule has 1 aliphatic heterocycles. The molecule has 0 amide bonds. The molecule has 0 bridgehead atoms. The molecule has 6 aromatic carbocycles. The summed E-state index contributed by atoms with van der Waals surface area (Å²) in [5, 5.41) is 7.84. The summed E-state index contributed by atoms with van der Waals surface area (Å²) in [7, 11) is 2.10. The fourth-order valence-corrected chi connectivity index (χ4v) is 8.04. The molecule has 9 aromatic rings. The molecule has 0 saturated heterocycles. The van der Waals surface area contributed by atoms with E-state index in [1.165, 1.54) is 5.46 Å². The minimum absolute atomic E-state index is 0.223. The maximum absolute atomic E-state index is 5.53. The number of hydrogen-bond acceptors (Lipinski definition) is 5. The topological polar surface area (TPSA) is 55.0 Å². The Hall–Kier alpha value is -7.19. The molecule has 4 heterocycles. The second kappa shape index (κ2) is 13.7. The van der Waals surface area contributed by atoms with Crippen LogP contribution in [0.2, 0.25) is 0 Å². The average molecular weight is 710 g/mol. The van der Waals surface area contributed by atoms with E-state index in [0.717, 1.165) is 73.3 Å². The Morgan fingerprint density at radius 2 is 1.20 bits per heavy atom. The Morgan fingerprint density at radius 1 is 0.545 bits per heavy atom. The van der Waals surface area contributed by atoms with Gasteiger partial charge in [0.05, 0.1) is 34.8 Å². The van der Waals surface area contributed by atoms with E-state index >= 15 is 0 Å². The fraction of sp³-hybridized carbons (Fsp3) is 0.0426. The number of nitrogens with zero attached hydrogens (tertiary/aromatic N) is 7. The quantitative estimate of drug-likeness (QED) is 0.151. The molecule has 55 heavy (non-hydrogen) atoms. The number of anilines is 1. The van der Waals surface area contributed by atoms with Crippen LogP contribution in [-0.4, -0.2) is 49.6 Å². The zero-order chi connectivity index (χ0) is 36.7. The highest BCUT2D eigenvalue weighted by Gasteiger charge is 2.34. The van der Waals surface area contributed by atoms with E-state index in [2.05, 4.69) is 196 Å². The fourth-order valence-electron chi connectivity index (χ4n) is 8.04. The van der Waals surface area contributed by atoms with Crippen LogP contribution < -0.4 is 21.3 Å². The lowest BCUT2D eigenvalue weighted by atomic mass is 9.36. The van der Waals surface area contributed by atoms with Crippen molar-refractivity contribution >= 4 is 50.6 Å². The number of benzene rings is 6. The van der Waals surface area contributed by atoms with Crippen molar-refractivity contribution in [3.05, 3.63) is 189 Å². The first-order chi connectivity index (χ1) is 27.2. The molecule has 0 radical (unpaired) electrons. The first kappa shape index (κ1) is 32.5. The normalized spacial score (nSPS) is 12.6. The summed E-state index contributed by atoms with van der Waals surface area (Å²) in [5.41, 5.74) is 11.8. The summed E-state index contributed by atoms with van der Waals surface area (Å²) in [4.78, 5) is 14.0. The third kappa shape index (κ3) is 5.76. The van der Waals surface area contributed by atoms with Gasteiger partial charge in [-0.1, -0.05) is 132 Å². The highest BCUT2D eigenvalue weighted by atomic mass is 15.3. The molecule has 0 fully saturated rings. The van der Waals surface area contributed by atoms with Gasteiger partial charge in [-0.15, -0.1) is 0 Å². The van der Waals surface area contributed by atoms with Crippen LogP contribution in [0.1, 0.15) is 0 Å². The molecule has 7 nitrogen and oxygen atoms in total. The zero-order valence-electron chi connectivity index (χ0n) is 30.3. The van der Waals surface area contributed by atoms with E-state index in [4.69, 9.17) is 15.1 Å². The van der Waals surface area contributed by atoms with E-state index in [1.807, 2.05) is 18.5 Å². The van der Waals surface area contributed by atoms with Gasteiger partial charge >= 0.3 is 0 Å². The van der Waals surface area contributed by atoms with Gasteiger partial charge in [0.1, 0.15) is 0 Å². The second-order valence-electron chi connectivity index (χ2n) is 14.0. The van der Waals surface area contributed by atoms with Crippen LogP contribution >= 0.6 is 0 Å². The molecule has 0 atom stereocenters. The molecule has 10 rings (SSSR count). The molecule has 0 N–H and O–H groups in total. The van der Waals surface area contributed by atoms with Crippen LogP contribution in [0.15, 0.2) is 189 Å². The van der Waals surface area contributed by atoms with Crippen molar-refractivity contribution in [1.82, 2.24) is 29.2 Å². The lowest BCUT2D eigenvalue weighted by Gasteiger charge is -2.22. The third-order valence-corrected chi connectivity index (χ3v) is 10.5. The SMILES string of the molecule is CN1C=CN(c2cccc(B(c3ccc4c5ccccc5n(-c5ncccn5)c4c3)c3c(-c4ccccc4)nn(-c4ccccc4)c3-c3ccccc3)c2)C1. The zero-order valence-corrected chi connectivity index (χ0v) is 30.3. The van der Waals surface area contributed by atoms with E-state index in [9.17, 15) is 0 Å². The van der Waals surface area contributed by atoms with E-state index in [1.54, 1.807) is 0 Å². The van der Waals surface area contributed by atoms with Crippen LogP contribution in [0, 0.1) is 0 Å². The Labute approximate surface area is 320 Å². The number of rotatable bonds is 8. The van der Waals surface area contributed by atoms with Gasteiger partial charge in [0.25, 0.3) is 0 Å². The standard InChI is InChI=1S/C47H36BN7/c1-52-29-30-53(33-52)39-22-13-19-36(31-39)48(37-25-26-41-40-23-11-12-24-42(40)54(43(41)32-37)47-49-27-14-28-50-47)44-45(34-15-5-2-6-16-34)51-55(38-20-9-4-10-21-38)46(44)35-17-7-3-8-18-35/h2-32H,33H2,1H3. The van der Waals surface area contributed by atoms with Crippen molar-refractivity contribution in [2.24, 2.45) is 0 Å². The van der Waals surface area contributed by atoms with Crippen LogP contribution in [0.3, 0.4) is 0 Å². The summed E-state index contributed by atoms with van der Waals surface area (Å²) >= 11 is 0. The molecule has 1 aliphatic rings. The largest absolute Gasteiger partial charge is 0.361 e. The maximum Gasteiger partial charge on any atom is 0.247 e. The summed E-state index contributed by atoms with van der Waals surface area (Å²) < 4.78 is 4.32. The van der Waals surface area contributed by atoms with E-state index in [0.29, 0.717) is 5.95 Å². The number of fused-ring (bicyclic) bond motifs is 3. The number of aromatic nitrogens is 5. The van der Waals surface area contributed by atoms with Gasteiger partial charge in [-0.25, -0.2) is 14.6 Å². The Balaban J connectivity index is 1.31. The van der Waals surface area contributed by atoms with Crippen molar-refractivity contribution in [2.75, 3.05) is 18.6 Å². The highest BCUT2D eigenvalue weighted by Crippen LogP contribution is 2.32. The maximum atomic E-state index is 5.53. The summed E-state index contributed by atoms with van der Waals surface area (Å²) in [6, 6.07) is 58.0. The average Bonchev–Trinajstić information content (AvgIpc) is 3.96. The van der Waals surface area contributed by atoms with Gasteiger partial charge in [0, 0.05) is 53.9 Å². The monoisotopic (exact) mass is 709 g/mol. The smallest absolute Gasteiger partial charge is 0.247 e. The van der Waals surface area contributed by atoms with Gasteiger partial charge in [0.15, 0.2) is 0 Å². The van der Waals surface area contributed by atoms with Crippen molar-refractivity contribution in [3.8, 4) is 34.2 Å². The summed E-state index contributed by atoms with van der Waals surface area (Å²) in [5.74, 6) is 0.640. The van der Waals surface area contributed by atoms with Crippen LogP contribution in [0.5, 0.6) is 0 Å².